The van der Waals surface area contributed by atoms with Crippen LogP contribution in [0.1, 0.15) is 80.8 Å². The summed E-state index contributed by atoms with van der Waals surface area (Å²) in [5.41, 5.74) is 4.35. The van der Waals surface area contributed by atoms with Crippen molar-refractivity contribution in [1.29, 1.82) is 0 Å². The van der Waals surface area contributed by atoms with Gasteiger partial charge in [-0.3, -0.25) is 4.40 Å². The van der Waals surface area contributed by atoms with E-state index in [-0.39, 0.29) is 0 Å². The quantitative estimate of drug-likeness (QED) is 0.420. The summed E-state index contributed by atoms with van der Waals surface area (Å²) < 4.78 is 26.7. The van der Waals surface area contributed by atoms with Crippen LogP contribution >= 0.6 is 0 Å². The minimum Gasteiger partial charge on any atom is -0.286 e. The normalized spacial score (nSPS) is 13.6. The van der Waals surface area contributed by atoms with Gasteiger partial charge in [-0.15, -0.1) is 10.2 Å². The number of halogens is 2. The molecule has 0 amide bonds. The largest absolute Gasteiger partial charge is 0.286 e. The highest BCUT2D eigenvalue weighted by molar-refractivity contribution is 5.52. The Labute approximate surface area is 178 Å². The van der Waals surface area contributed by atoms with E-state index < -0.39 is 11.6 Å². The lowest BCUT2D eigenvalue weighted by Crippen LogP contribution is -2.04. The average molecular weight is 414 g/mol. The fourth-order valence-electron chi connectivity index (χ4n) is 4.03. The van der Waals surface area contributed by atoms with Gasteiger partial charge in [0.2, 0.25) is 0 Å². The number of fused-ring (bicyclic) bond motifs is 1. The van der Waals surface area contributed by atoms with E-state index in [2.05, 4.69) is 47.6 Å². The van der Waals surface area contributed by atoms with Crippen molar-refractivity contribution in [3.63, 3.8) is 0 Å². The standard InChI is InChI=1S/C18H27N3.C7H6F2/c1-4-6-15(7-5-2)16-10-11-21-17(12-14-8-9-14)19-20-18(21)13(16)3;1-5-2-3-6(8)4-7(5)9/h10-11,14-15H,4-9,12H2,1-3H3;2-4H,1H3. The van der Waals surface area contributed by atoms with E-state index in [4.69, 9.17) is 0 Å². The molecule has 3 aromatic rings. The van der Waals surface area contributed by atoms with Crippen molar-refractivity contribution in [1.82, 2.24) is 14.6 Å². The van der Waals surface area contributed by atoms with Crippen LogP contribution in [-0.2, 0) is 6.42 Å². The zero-order chi connectivity index (χ0) is 21.7. The number of benzene rings is 1. The Hall–Kier alpha value is -2.30. The maximum Gasteiger partial charge on any atom is 0.163 e. The predicted molar refractivity (Wildman–Crippen MR) is 118 cm³/mol. The van der Waals surface area contributed by atoms with Gasteiger partial charge in [-0.1, -0.05) is 32.8 Å². The fraction of sp³-hybridized carbons (Fsp3) is 0.520. The summed E-state index contributed by atoms with van der Waals surface area (Å²) in [6.45, 7) is 8.37. The van der Waals surface area contributed by atoms with Gasteiger partial charge in [-0.2, -0.15) is 0 Å². The molecule has 1 aromatic carbocycles. The second kappa shape index (κ2) is 10.1. The van der Waals surface area contributed by atoms with Crippen molar-refractivity contribution >= 4 is 5.65 Å². The lowest BCUT2D eigenvalue weighted by atomic mass is 9.88. The molecule has 162 valence electrons. The van der Waals surface area contributed by atoms with Crippen molar-refractivity contribution in [2.45, 2.75) is 78.6 Å². The van der Waals surface area contributed by atoms with Gasteiger partial charge in [0, 0.05) is 18.7 Å². The Morgan fingerprint density at radius 3 is 2.30 bits per heavy atom. The molecule has 0 radical (unpaired) electrons. The van der Waals surface area contributed by atoms with Gasteiger partial charge in [0.05, 0.1) is 0 Å². The molecule has 0 atom stereocenters. The van der Waals surface area contributed by atoms with E-state index in [0.29, 0.717) is 11.5 Å². The lowest BCUT2D eigenvalue weighted by molar-refractivity contribution is 0.558. The van der Waals surface area contributed by atoms with Crippen LogP contribution in [-0.4, -0.2) is 14.6 Å². The smallest absolute Gasteiger partial charge is 0.163 e. The van der Waals surface area contributed by atoms with Crippen LogP contribution in [0, 0.1) is 31.4 Å². The minimum atomic E-state index is -0.530. The van der Waals surface area contributed by atoms with Crippen LogP contribution in [0.25, 0.3) is 5.65 Å². The third-order valence-corrected chi connectivity index (χ3v) is 5.95. The molecular weight excluding hydrogens is 380 g/mol. The minimum absolute atomic E-state index is 0.469. The highest BCUT2D eigenvalue weighted by Crippen LogP contribution is 2.33. The fourth-order valence-corrected chi connectivity index (χ4v) is 4.03. The lowest BCUT2D eigenvalue weighted by Gasteiger charge is -2.18. The molecule has 5 heteroatoms. The molecule has 30 heavy (non-hydrogen) atoms. The highest BCUT2D eigenvalue weighted by atomic mass is 19.1. The van der Waals surface area contributed by atoms with Crippen molar-refractivity contribution in [3.05, 3.63) is 64.6 Å². The maximum atomic E-state index is 12.3. The Morgan fingerprint density at radius 1 is 1.03 bits per heavy atom. The molecule has 3 nitrogen and oxygen atoms in total. The van der Waals surface area contributed by atoms with Crippen molar-refractivity contribution in [2.75, 3.05) is 0 Å². The van der Waals surface area contributed by atoms with E-state index in [0.717, 1.165) is 29.9 Å². The SMILES string of the molecule is CCCC(CCC)c1ccn2c(CC3CC3)nnc2c1C.Cc1ccc(F)cc1F. The summed E-state index contributed by atoms with van der Waals surface area (Å²) in [6.07, 6.45) is 11.1. The number of rotatable bonds is 7. The summed E-state index contributed by atoms with van der Waals surface area (Å²) in [5, 5.41) is 8.92. The summed E-state index contributed by atoms with van der Waals surface area (Å²) >= 11 is 0. The first-order chi connectivity index (χ1) is 14.4. The van der Waals surface area contributed by atoms with E-state index in [1.54, 1.807) is 6.92 Å². The van der Waals surface area contributed by atoms with Crippen LogP contribution in [0.4, 0.5) is 8.78 Å². The van der Waals surface area contributed by atoms with E-state index >= 15 is 0 Å². The number of pyridine rings is 1. The zero-order valence-electron chi connectivity index (χ0n) is 18.6. The number of hydrogen-bond acceptors (Lipinski definition) is 2. The molecule has 0 saturated heterocycles. The Bertz CT molecular complexity index is 970. The van der Waals surface area contributed by atoms with Crippen molar-refractivity contribution in [3.8, 4) is 0 Å². The number of nitrogens with zero attached hydrogens (tertiary/aromatic N) is 3. The van der Waals surface area contributed by atoms with Crippen LogP contribution in [0.3, 0.4) is 0 Å². The molecule has 0 spiro atoms. The Balaban J connectivity index is 0.000000239. The van der Waals surface area contributed by atoms with Crippen LogP contribution in [0.2, 0.25) is 0 Å². The van der Waals surface area contributed by atoms with Crippen LogP contribution < -0.4 is 0 Å². The summed E-state index contributed by atoms with van der Waals surface area (Å²) in [7, 11) is 0. The zero-order valence-corrected chi connectivity index (χ0v) is 18.6. The molecule has 1 fully saturated rings. The number of aryl methyl sites for hydroxylation is 2. The maximum absolute atomic E-state index is 12.3. The predicted octanol–water partition coefficient (Wildman–Crippen LogP) is 6.95. The van der Waals surface area contributed by atoms with Crippen molar-refractivity contribution < 1.29 is 8.78 Å². The Morgan fingerprint density at radius 2 is 1.73 bits per heavy atom. The van der Waals surface area contributed by atoms with Gasteiger partial charge in [-0.05, 0) is 80.2 Å². The molecule has 2 aromatic heterocycles. The second-order valence-electron chi connectivity index (χ2n) is 8.52. The molecule has 0 bridgehead atoms. The van der Waals surface area contributed by atoms with E-state index in [1.165, 1.54) is 61.8 Å². The monoisotopic (exact) mass is 413 g/mol. The molecule has 1 aliphatic rings. The van der Waals surface area contributed by atoms with Crippen LogP contribution in [0.15, 0.2) is 30.5 Å². The van der Waals surface area contributed by atoms with Gasteiger partial charge < -0.3 is 0 Å². The molecule has 4 rings (SSSR count). The van der Waals surface area contributed by atoms with Gasteiger partial charge in [0.15, 0.2) is 5.65 Å². The molecule has 0 aliphatic heterocycles. The highest BCUT2D eigenvalue weighted by Gasteiger charge is 2.24. The van der Waals surface area contributed by atoms with Gasteiger partial charge in [-0.25, -0.2) is 8.78 Å². The number of aromatic nitrogens is 3. The molecule has 1 saturated carbocycles. The molecular formula is C25H33F2N3. The second-order valence-corrected chi connectivity index (χ2v) is 8.52. The topological polar surface area (TPSA) is 30.2 Å². The third-order valence-electron chi connectivity index (χ3n) is 5.95. The molecule has 0 unspecified atom stereocenters. The van der Waals surface area contributed by atoms with Gasteiger partial charge in [0.1, 0.15) is 17.5 Å². The van der Waals surface area contributed by atoms with Gasteiger partial charge in [0.25, 0.3) is 0 Å². The average Bonchev–Trinajstić information content (AvgIpc) is 3.44. The third kappa shape index (κ3) is 5.44. The summed E-state index contributed by atoms with van der Waals surface area (Å²) in [4.78, 5) is 0. The van der Waals surface area contributed by atoms with Crippen LogP contribution in [0.5, 0.6) is 0 Å². The van der Waals surface area contributed by atoms with E-state index in [9.17, 15) is 8.78 Å². The summed E-state index contributed by atoms with van der Waals surface area (Å²) in [6, 6.07) is 5.83. The first-order valence-corrected chi connectivity index (χ1v) is 11.2. The molecule has 0 N–H and O–H groups in total. The van der Waals surface area contributed by atoms with E-state index in [1.807, 2.05) is 0 Å². The van der Waals surface area contributed by atoms with Gasteiger partial charge >= 0.3 is 0 Å². The molecule has 1 aliphatic carbocycles. The number of hydrogen-bond donors (Lipinski definition) is 0. The Kier molecular flexibility index (Phi) is 7.57. The molecule has 2 heterocycles. The summed E-state index contributed by atoms with van der Waals surface area (Å²) in [5.74, 6) is 1.65. The first-order valence-electron chi connectivity index (χ1n) is 11.2. The first kappa shape index (κ1) is 22.4. The van der Waals surface area contributed by atoms with Crippen molar-refractivity contribution in [2.24, 2.45) is 5.92 Å².